The van der Waals surface area contributed by atoms with Crippen LogP contribution in [0.2, 0.25) is 0 Å². The molecule has 0 bridgehead atoms. The fourth-order valence-corrected chi connectivity index (χ4v) is 1.93. The third-order valence-corrected chi connectivity index (χ3v) is 3.03. The van der Waals surface area contributed by atoms with Crippen LogP contribution in [-0.4, -0.2) is 29.1 Å². The molecule has 5 heteroatoms. The fraction of sp³-hybridized carbons (Fsp3) is 0.455. The second kappa shape index (κ2) is 3.73. The summed E-state index contributed by atoms with van der Waals surface area (Å²) in [7, 11) is 0. The van der Waals surface area contributed by atoms with Crippen molar-refractivity contribution in [3.8, 4) is 0 Å². The van der Waals surface area contributed by atoms with Crippen LogP contribution < -0.4 is 4.90 Å². The second-order valence-corrected chi connectivity index (χ2v) is 4.35. The molecule has 86 valence electrons. The lowest BCUT2D eigenvalue weighted by Gasteiger charge is -2.20. The minimum Gasteiger partial charge on any atom is -0.481 e. The standard InChI is InChI=1S/C11H13FN2O2/c1-11(10(15)16)4-6-14(7-11)9-8(12)3-2-5-13-9/h2-3,5H,4,6-7H2,1H3,(H,15,16). The van der Waals surface area contributed by atoms with Crippen molar-refractivity contribution in [1.29, 1.82) is 0 Å². The lowest BCUT2D eigenvalue weighted by Crippen LogP contribution is -2.32. The van der Waals surface area contributed by atoms with Crippen molar-refractivity contribution in [2.45, 2.75) is 13.3 Å². The SMILES string of the molecule is CC1(C(=O)O)CCN(c2ncccc2F)C1. The van der Waals surface area contributed by atoms with Gasteiger partial charge in [-0.1, -0.05) is 0 Å². The van der Waals surface area contributed by atoms with E-state index in [-0.39, 0.29) is 5.82 Å². The molecule has 1 aliphatic heterocycles. The van der Waals surface area contributed by atoms with Crippen molar-refractivity contribution in [2.24, 2.45) is 5.41 Å². The number of aromatic nitrogens is 1. The van der Waals surface area contributed by atoms with E-state index in [9.17, 15) is 9.18 Å². The Morgan fingerprint density at radius 2 is 2.44 bits per heavy atom. The first-order valence-electron chi connectivity index (χ1n) is 5.12. The van der Waals surface area contributed by atoms with Crippen LogP contribution in [0.15, 0.2) is 18.3 Å². The van der Waals surface area contributed by atoms with E-state index in [1.54, 1.807) is 11.8 Å². The molecule has 1 unspecified atom stereocenters. The molecule has 1 saturated heterocycles. The van der Waals surface area contributed by atoms with Crippen LogP contribution in [0.25, 0.3) is 0 Å². The van der Waals surface area contributed by atoms with Gasteiger partial charge in [0.05, 0.1) is 5.41 Å². The number of nitrogens with zero attached hydrogens (tertiary/aromatic N) is 2. The molecule has 0 spiro atoms. The minimum atomic E-state index is -0.841. The first-order chi connectivity index (χ1) is 7.53. The van der Waals surface area contributed by atoms with Gasteiger partial charge in [0, 0.05) is 19.3 Å². The smallest absolute Gasteiger partial charge is 0.311 e. The van der Waals surface area contributed by atoms with Gasteiger partial charge in [-0.05, 0) is 25.5 Å². The summed E-state index contributed by atoms with van der Waals surface area (Å²) in [6.45, 7) is 2.50. The van der Waals surface area contributed by atoms with Gasteiger partial charge >= 0.3 is 5.97 Å². The summed E-state index contributed by atoms with van der Waals surface area (Å²) in [5.41, 5.74) is -0.802. The summed E-state index contributed by atoms with van der Waals surface area (Å²) in [6.07, 6.45) is 2.02. The van der Waals surface area contributed by atoms with E-state index in [1.165, 1.54) is 18.3 Å². The second-order valence-electron chi connectivity index (χ2n) is 4.35. The van der Waals surface area contributed by atoms with E-state index in [0.717, 1.165) is 0 Å². The Bertz CT molecular complexity index is 424. The highest BCUT2D eigenvalue weighted by atomic mass is 19.1. The van der Waals surface area contributed by atoms with Gasteiger partial charge in [-0.15, -0.1) is 0 Å². The molecule has 2 rings (SSSR count). The summed E-state index contributed by atoms with van der Waals surface area (Å²) >= 11 is 0. The number of carboxylic acid groups (broad SMARTS) is 1. The molecule has 1 aliphatic rings. The zero-order valence-electron chi connectivity index (χ0n) is 8.98. The zero-order chi connectivity index (χ0) is 11.8. The van der Waals surface area contributed by atoms with Gasteiger partial charge in [-0.3, -0.25) is 4.79 Å². The highest BCUT2D eigenvalue weighted by Gasteiger charge is 2.41. The van der Waals surface area contributed by atoms with Crippen LogP contribution in [-0.2, 0) is 4.79 Å². The van der Waals surface area contributed by atoms with Gasteiger partial charge in [0.1, 0.15) is 0 Å². The number of pyridine rings is 1. The first-order valence-corrected chi connectivity index (χ1v) is 5.12. The number of carboxylic acids is 1. The van der Waals surface area contributed by atoms with Crippen LogP contribution in [0.1, 0.15) is 13.3 Å². The molecule has 1 aromatic rings. The molecule has 0 aliphatic carbocycles. The maximum Gasteiger partial charge on any atom is 0.311 e. The van der Waals surface area contributed by atoms with Gasteiger partial charge in [0.15, 0.2) is 11.6 Å². The Labute approximate surface area is 92.7 Å². The molecule has 1 fully saturated rings. The summed E-state index contributed by atoms with van der Waals surface area (Å²) in [6, 6.07) is 2.85. The third-order valence-electron chi connectivity index (χ3n) is 3.03. The van der Waals surface area contributed by atoms with E-state index >= 15 is 0 Å². The van der Waals surface area contributed by atoms with Gasteiger partial charge < -0.3 is 10.0 Å². The van der Waals surface area contributed by atoms with E-state index in [4.69, 9.17) is 5.11 Å². The Hall–Kier alpha value is -1.65. The topological polar surface area (TPSA) is 53.4 Å². The van der Waals surface area contributed by atoms with Crippen molar-refractivity contribution in [3.05, 3.63) is 24.1 Å². The van der Waals surface area contributed by atoms with Crippen LogP contribution in [0.5, 0.6) is 0 Å². The van der Waals surface area contributed by atoms with Gasteiger partial charge in [0.2, 0.25) is 0 Å². The largest absolute Gasteiger partial charge is 0.481 e. The number of anilines is 1. The van der Waals surface area contributed by atoms with Gasteiger partial charge in [-0.25, -0.2) is 9.37 Å². The highest BCUT2D eigenvalue weighted by Crippen LogP contribution is 2.33. The summed E-state index contributed by atoms with van der Waals surface area (Å²) in [4.78, 5) is 16.7. The van der Waals surface area contributed by atoms with E-state index in [1.807, 2.05) is 0 Å². The van der Waals surface area contributed by atoms with E-state index in [0.29, 0.717) is 19.5 Å². The number of rotatable bonds is 2. The maximum absolute atomic E-state index is 13.4. The summed E-state index contributed by atoms with van der Waals surface area (Å²) in [5.74, 6) is -1.00. The van der Waals surface area contributed by atoms with Crippen molar-refractivity contribution < 1.29 is 14.3 Å². The Balaban J connectivity index is 2.22. The molecule has 0 radical (unpaired) electrons. The molecule has 16 heavy (non-hydrogen) atoms. The Morgan fingerprint density at radius 3 is 3.00 bits per heavy atom. The predicted molar refractivity (Wildman–Crippen MR) is 56.8 cm³/mol. The first kappa shape index (κ1) is 10.9. The van der Waals surface area contributed by atoms with Gasteiger partial charge in [-0.2, -0.15) is 0 Å². The summed E-state index contributed by atoms with van der Waals surface area (Å²) < 4.78 is 13.4. The lowest BCUT2D eigenvalue weighted by molar-refractivity contribution is -0.146. The fourth-order valence-electron chi connectivity index (χ4n) is 1.93. The van der Waals surface area contributed by atoms with Crippen LogP contribution in [0.4, 0.5) is 10.2 Å². The predicted octanol–water partition coefficient (Wildman–Crippen LogP) is 1.52. The van der Waals surface area contributed by atoms with E-state index in [2.05, 4.69) is 4.98 Å². The van der Waals surface area contributed by atoms with Crippen LogP contribution >= 0.6 is 0 Å². The van der Waals surface area contributed by atoms with Gasteiger partial charge in [0.25, 0.3) is 0 Å². The number of hydrogen-bond acceptors (Lipinski definition) is 3. The summed E-state index contributed by atoms with van der Waals surface area (Å²) in [5, 5.41) is 9.07. The van der Waals surface area contributed by atoms with Crippen molar-refractivity contribution in [2.75, 3.05) is 18.0 Å². The number of hydrogen-bond donors (Lipinski definition) is 1. The molecule has 1 atom stereocenters. The molecule has 2 heterocycles. The van der Waals surface area contributed by atoms with Crippen molar-refractivity contribution in [1.82, 2.24) is 4.98 Å². The molecular weight excluding hydrogens is 211 g/mol. The molecule has 0 aromatic carbocycles. The van der Waals surface area contributed by atoms with Crippen molar-refractivity contribution >= 4 is 11.8 Å². The number of halogens is 1. The Kier molecular flexibility index (Phi) is 2.53. The maximum atomic E-state index is 13.4. The lowest BCUT2D eigenvalue weighted by atomic mass is 9.90. The zero-order valence-corrected chi connectivity index (χ0v) is 8.98. The monoisotopic (exact) mass is 224 g/mol. The van der Waals surface area contributed by atoms with Crippen LogP contribution in [0, 0.1) is 11.2 Å². The minimum absolute atomic E-state index is 0.243. The Morgan fingerprint density at radius 1 is 1.69 bits per heavy atom. The van der Waals surface area contributed by atoms with Crippen molar-refractivity contribution in [3.63, 3.8) is 0 Å². The molecule has 0 amide bonds. The molecular formula is C11H13FN2O2. The number of aliphatic carboxylic acids is 1. The molecule has 1 aromatic heterocycles. The third kappa shape index (κ3) is 1.73. The molecule has 4 nitrogen and oxygen atoms in total. The molecule has 1 N–H and O–H groups in total. The average Bonchev–Trinajstić information content (AvgIpc) is 2.63. The highest BCUT2D eigenvalue weighted by molar-refractivity contribution is 5.76. The average molecular weight is 224 g/mol. The normalized spacial score (nSPS) is 24.8. The van der Waals surface area contributed by atoms with E-state index < -0.39 is 17.2 Å². The molecule has 0 saturated carbocycles. The number of carbonyl (C=O) groups is 1. The van der Waals surface area contributed by atoms with Crippen LogP contribution in [0.3, 0.4) is 0 Å². The quantitative estimate of drug-likeness (QED) is 0.827.